The van der Waals surface area contributed by atoms with Gasteiger partial charge in [0.15, 0.2) is 5.69 Å². The van der Waals surface area contributed by atoms with Gasteiger partial charge in [0, 0.05) is 38.2 Å². The van der Waals surface area contributed by atoms with E-state index in [2.05, 4.69) is 20.3 Å². The molecule has 0 radical (unpaired) electrons. The summed E-state index contributed by atoms with van der Waals surface area (Å²) in [5.74, 6) is 0.0175. The molecule has 2 aromatic rings. The van der Waals surface area contributed by atoms with E-state index in [9.17, 15) is 14.7 Å². The number of halogens is 1. The summed E-state index contributed by atoms with van der Waals surface area (Å²) in [4.78, 5) is 40.2. The molecule has 1 saturated heterocycles. The number of carbonyl (C=O) groups excluding carboxylic acids is 1. The molecule has 26 heavy (non-hydrogen) atoms. The summed E-state index contributed by atoms with van der Waals surface area (Å²) in [5, 5.41) is 13.2. The first-order chi connectivity index (χ1) is 12.6. The molecule has 1 fully saturated rings. The van der Waals surface area contributed by atoms with Gasteiger partial charge in [-0.2, -0.15) is 0 Å². The second-order valence-electron chi connectivity index (χ2n) is 5.99. The number of carbonyl (C=O) groups is 2. The Morgan fingerprint density at radius 1 is 1.27 bits per heavy atom. The van der Waals surface area contributed by atoms with E-state index in [0.717, 1.165) is 0 Å². The van der Waals surface area contributed by atoms with Crippen molar-refractivity contribution in [1.82, 2.24) is 25.2 Å². The number of aromatic nitrogens is 3. The van der Waals surface area contributed by atoms with E-state index >= 15 is 0 Å². The first kappa shape index (κ1) is 16.7. The van der Waals surface area contributed by atoms with E-state index in [1.165, 1.54) is 28.4 Å². The molecule has 0 aromatic carbocycles. The van der Waals surface area contributed by atoms with Gasteiger partial charge in [-0.15, -0.1) is 0 Å². The summed E-state index contributed by atoms with van der Waals surface area (Å²) in [6, 6.07) is 2.12. The maximum atomic E-state index is 13.0. The van der Waals surface area contributed by atoms with E-state index in [-0.39, 0.29) is 11.6 Å². The summed E-state index contributed by atoms with van der Waals surface area (Å²) in [6.45, 7) is 1.27. The van der Waals surface area contributed by atoms with Crippen LogP contribution in [0.5, 0.6) is 0 Å². The predicted molar refractivity (Wildman–Crippen MR) is 92.2 cm³/mol. The molecule has 0 aliphatic carbocycles. The number of amides is 2. The minimum Gasteiger partial charge on any atom is -0.465 e. The summed E-state index contributed by atoms with van der Waals surface area (Å²) in [5.41, 5.74) is 0.666. The van der Waals surface area contributed by atoms with E-state index in [4.69, 9.17) is 11.6 Å². The number of nitrogens with one attached hydrogen (secondary N) is 1. The number of rotatable bonds is 2. The van der Waals surface area contributed by atoms with Crippen molar-refractivity contribution in [3.05, 3.63) is 47.1 Å². The van der Waals surface area contributed by atoms with Crippen molar-refractivity contribution in [3.63, 3.8) is 0 Å². The molecule has 0 spiro atoms. The highest BCUT2D eigenvalue weighted by Crippen LogP contribution is 2.38. The first-order valence-corrected chi connectivity index (χ1v) is 8.42. The molecule has 2 aliphatic rings. The number of pyridine rings is 1. The Labute approximate surface area is 153 Å². The van der Waals surface area contributed by atoms with Crippen molar-refractivity contribution in [3.8, 4) is 0 Å². The monoisotopic (exact) mass is 374 g/mol. The Balaban J connectivity index is 1.83. The van der Waals surface area contributed by atoms with Crippen LogP contribution in [0.15, 0.2) is 30.7 Å². The van der Waals surface area contributed by atoms with Gasteiger partial charge in [-0.1, -0.05) is 11.6 Å². The summed E-state index contributed by atoms with van der Waals surface area (Å²) >= 11 is 5.91. The van der Waals surface area contributed by atoms with E-state index in [1.54, 1.807) is 12.1 Å². The molecule has 0 bridgehead atoms. The molecular formula is C16H15ClN6O3. The lowest BCUT2D eigenvalue weighted by atomic mass is 10.0. The van der Waals surface area contributed by atoms with Gasteiger partial charge in [-0.25, -0.2) is 14.8 Å². The zero-order valence-electron chi connectivity index (χ0n) is 13.5. The number of carboxylic acid groups (broad SMARTS) is 1. The fraction of sp³-hybridized carbons (Fsp3) is 0.312. The average molecular weight is 375 g/mol. The number of hydrogen-bond donors (Lipinski definition) is 2. The van der Waals surface area contributed by atoms with Crippen LogP contribution in [0, 0.1) is 0 Å². The number of piperazine rings is 1. The molecule has 4 heterocycles. The highest BCUT2D eigenvalue weighted by molar-refractivity contribution is 6.30. The van der Waals surface area contributed by atoms with Crippen LogP contribution in [0.4, 0.5) is 10.6 Å². The predicted octanol–water partition coefficient (Wildman–Crippen LogP) is 1.18. The Morgan fingerprint density at radius 3 is 2.81 bits per heavy atom. The summed E-state index contributed by atoms with van der Waals surface area (Å²) < 4.78 is 0. The standard InChI is InChI=1S/C16H15ClN6O3/c17-9-1-2-11(21-7-9)23-14(10-8-18-5-6-22(10)16(25)26)12-13(15(23)24)20-4-3-19-12/h1-4,7,10,14,18H,5-6,8H2,(H,25,26)/t10?,14-/m0/s1. The number of nitrogens with zero attached hydrogens (tertiary/aromatic N) is 5. The van der Waals surface area contributed by atoms with Crippen molar-refractivity contribution in [2.24, 2.45) is 0 Å². The van der Waals surface area contributed by atoms with Gasteiger partial charge in [-0.05, 0) is 12.1 Å². The summed E-state index contributed by atoms with van der Waals surface area (Å²) in [6.07, 6.45) is 3.35. The van der Waals surface area contributed by atoms with Crippen molar-refractivity contribution in [1.29, 1.82) is 0 Å². The van der Waals surface area contributed by atoms with Crippen LogP contribution < -0.4 is 10.2 Å². The van der Waals surface area contributed by atoms with E-state index in [1.807, 2.05) is 0 Å². The fourth-order valence-electron chi connectivity index (χ4n) is 3.45. The highest BCUT2D eigenvalue weighted by atomic mass is 35.5. The van der Waals surface area contributed by atoms with Crippen molar-refractivity contribution >= 4 is 29.4 Å². The zero-order valence-corrected chi connectivity index (χ0v) is 14.3. The third-order valence-electron chi connectivity index (χ3n) is 4.56. The van der Waals surface area contributed by atoms with Crippen molar-refractivity contribution in [2.75, 3.05) is 24.5 Å². The lowest BCUT2D eigenvalue weighted by Crippen LogP contribution is -2.58. The van der Waals surface area contributed by atoms with Crippen LogP contribution >= 0.6 is 11.6 Å². The van der Waals surface area contributed by atoms with E-state index < -0.39 is 18.2 Å². The third kappa shape index (κ3) is 2.65. The van der Waals surface area contributed by atoms with Crippen LogP contribution in [0.25, 0.3) is 0 Å². The SMILES string of the molecule is O=C(O)N1CCNCC1[C@H]1c2nccnc2C(=O)N1c1ccc(Cl)cn1. The van der Waals surface area contributed by atoms with Crippen LogP contribution in [0.3, 0.4) is 0 Å². The largest absolute Gasteiger partial charge is 0.465 e. The van der Waals surface area contributed by atoms with Gasteiger partial charge in [0.1, 0.15) is 11.9 Å². The molecule has 0 saturated carbocycles. The lowest BCUT2D eigenvalue weighted by molar-refractivity contribution is 0.0907. The lowest BCUT2D eigenvalue weighted by Gasteiger charge is -2.40. The van der Waals surface area contributed by atoms with Crippen LogP contribution in [0.1, 0.15) is 22.2 Å². The minimum atomic E-state index is -1.04. The van der Waals surface area contributed by atoms with E-state index in [0.29, 0.717) is 36.2 Å². The molecule has 2 aromatic heterocycles. The molecule has 2 atom stereocenters. The van der Waals surface area contributed by atoms with Gasteiger partial charge in [0.2, 0.25) is 0 Å². The van der Waals surface area contributed by atoms with Gasteiger partial charge in [-0.3, -0.25) is 14.7 Å². The maximum Gasteiger partial charge on any atom is 0.407 e. The number of anilines is 1. The summed E-state index contributed by atoms with van der Waals surface area (Å²) in [7, 11) is 0. The Kier molecular flexibility index (Phi) is 4.17. The zero-order chi connectivity index (χ0) is 18.3. The molecule has 1 unspecified atom stereocenters. The Hall–Kier alpha value is -2.78. The average Bonchev–Trinajstić information content (AvgIpc) is 2.95. The normalized spacial score (nSPS) is 22.4. The molecular weight excluding hydrogens is 360 g/mol. The molecule has 2 N–H and O–H groups in total. The van der Waals surface area contributed by atoms with Crippen LogP contribution in [-0.4, -0.2) is 62.6 Å². The van der Waals surface area contributed by atoms with Crippen LogP contribution in [0.2, 0.25) is 5.02 Å². The molecule has 134 valence electrons. The third-order valence-corrected chi connectivity index (χ3v) is 4.78. The van der Waals surface area contributed by atoms with Crippen molar-refractivity contribution < 1.29 is 14.7 Å². The maximum absolute atomic E-state index is 13.0. The fourth-order valence-corrected chi connectivity index (χ4v) is 3.56. The number of fused-ring (bicyclic) bond motifs is 1. The minimum absolute atomic E-state index is 0.213. The molecule has 9 nitrogen and oxygen atoms in total. The molecule has 4 rings (SSSR count). The molecule has 10 heteroatoms. The van der Waals surface area contributed by atoms with Crippen molar-refractivity contribution in [2.45, 2.75) is 12.1 Å². The molecule has 2 aliphatic heterocycles. The first-order valence-electron chi connectivity index (χ1n) is 8.04. The Bertz CT molecular complexity index is 861. The van der Waals surface area contributed by atoms with Gasteiger partial charge in [0.25, 0.3) is 5.91 Å². The van der Waals surface area contributed by atoms with Gasteiger partial charge >= 0.3 is 6.09 Å². The quantitative estimate of drug-likeness (QED) is 0.811. The van der Waals surface area contributed by atoms with Gasteiger partial charge < -0.3 is 15.3 Å². The number of hydrogen-bond acceptors (Lipinski definition) is 6. The Morgan fingerprint density at radius 2 is 2.08 bits per heavy atom. The second-order valence-corrected chi connectivity index (χ2v) is 6.43. The van der Waals surface area contributed by atoms with Crippen LogP contribution in [-0.2, 0) is 0 Å². The smallest absolute Gasteiger partial charge is 0.407 e. The highest BCUT2D eigenvalue weighted by Gasteiger charge is 2.48. The molecule has 2 amide bonds. The topological polar surface area (TPSA) is 112 Å². The van der Waals surface area contributed by atoms with Gasteiger partial charge in [0.05, 0.1) is 16.8 Å². The second kappa shape index (κ2) is 6.50.